The van der Waals surface area contributed by atoms with Crippen molar-refractivity contribution in [2.75, 3.05) is 31.5 Å². The fraction of sp³-hybridized carbons (Fsp3) is 0.440. The van der Waals surface area contributed by atoms with Crippen LogP contribution in [0.2, 0.25) is 0 Å². The van der Waals surface area contributed by atoms with Gasteiger partial charge in [0.1, 0.15) is 0 Å². The minimum atomic E-state index is 0.0368. The van der Waals surface area contributed by atoms with Crippen LogP contribution in [0.4, 0.5) is 11.4 Å². The molecule has 2 amide bonds. The van der Waals surface area contributed by atoms with Gasteiger partial charge in [-0.15, -0.1) is 0 Å². The topological polar surface area (TPSA) is 52.7 Å². The van der Waals surface area contributed by atoms with E-state index in [1.165, 1.54) is 12.8 Å². The van der Waals surface area contributed by atoms with Crippen molar-refractivity contribution >= 4 is 23.2 Å². The van der Waals surface area contributed by atoms with E-state index in [1.54, 1.807) is 0 Å². The third-order valence-electron chi connectivity index (χ3n) is 6.26. The van der Waals surface area contributed by atoms with Crippen LogP contribution in [0.25, 0.3) is 0 Å². The van der Waals surface area contributed by atoms with Crippen LogP contribution in [0.15, 0.2) is 54.6 Å². The Balaban J connectivity index is 1.38. The highest BCUT2D eigenvalue weighted by Gasteiger charge is 2.31. The quantitative estimate of drug-likeness (QED) is 0.803. The first-order valence-electron chi connectivity index (χ1n) is 11.2. The van der Waals surface area contributed by atoms with Gasteiger partial charge in [-0.2, -0.15) is 0 Å². The Morgan fingerprint density at radius 1 is 0.733 bits per heavy atom. The molecule has 2 aromatic rings. The molecule has 2 saturated heterocycles. The molecular weight excluding hydrogens is 374 g/mol. The van der Waals surface area contributed by atoms with Gasteiger partial charge in [0.05, 0.1) is 11.3 Å². The zero-order valence-corrected chi connectivity index (χ0v) is 17.6. The molecule has 0 aromatic heterocycles. The molecule has 2 fully saturated rings. The van der Waals surface area contributed by atoms with Crippen molar-refractivity contribution in [3.8, 4) is 0 Å². The maximum absolute atomic E-state index is 13.2. The molecule has 0 atom stereocenters. The Labute approximate surface area is 179 Å². The number of hydrogen-bond donors (Lipinski definition) is 1. The van der Waals surface area contributed by atoms with E-state index < -0.39 is 0 Å². The molecule has 5 heteroatoms. The molecule has 1 N–H and O–H groups in total. The van der Waals surface area contributed by atoms with E-state index in [4.69, 9.17) is 0 Å². The lowest BCUT2D eigenvalue weighted by molar-refractivity contribution is -0.136. The van der Waals surface area contributed by atoms with Crippen LogP contribution in [-0.2, 0) is 4.79 Å². The molecule has 2 aliphatic heterocycles. The summed E-state index contributed by atoms with van der Waals surface area (Å²) in [5.41, 5.74) is 2.45. The Bertz CT molecular complexity index is 852. The average Bonchev–Trinajstić information content (AvgIpc) is 3.09. The van der Waals surface area contributed by atoms with Gasteiger partial charge in [0, 0.05) is 37.8 Å². The third-order valence-corrected chi connectivity index (χ3v) is 6.26. The van der Waals surface area contributed by atoms with Crippen LogP contribution in [0.3, 0.4) is 0 Å². The zero-order valence-electron chi connectivity index (χ0n) is 17.6. The van der Waals surface area contributed by atoms with Crippen molar-refractivity contribution in [2.24, 2.45) is 5.92 Å². The number of likely N-dealkylation sites (tertiary alicyclic amines) is 2. The van der Waals surface area contributed by atoms with E-state index in [9.17, 15) is 9.59 Å². The van der Waals surface area contributed by atoms with E-state index in [0.29, 0.717) is 24.6 Å². The van der Waals surface area contributed by atoms with Crippen molar-refractivity contribution in [1.29, 1.82) is 0 Å². The second kappa shape index (κ2) is 9.79. The summed E-state index contributed by atoms with van der Waals surface area (Å²) in [6.45, 7) is 3.08. The molecule has 0 spiro atoms. The van der Waals surface area contributed by atoms with Crippen LogP contribution < -0.4 is 5.32 Å². The van der Waals surface area contributed by atoms with Gasteiger partial charge in [-0.25, -0.2) is 0 Å². The van der Waals surface area contributed by atoms with Crippen molar-refractivity contribution in [3.63, 3.8) is 0 Å². The van der Waals surface area contributed by atoms with Crippen LogP contribution in [0.1, 0.15) is 48.9 Å². The number of benzene rings is 2. The maximum Gasteiger partial charge on any atom is 0.255 e. The number of amides is 2. The number of rotatable bonds is 4. The lowest BCUT2D eigenvalue weighted by Gasteiger charge is -2.34. The third kappa shape index (κ3) is 4.84. The van der Waals surface area contributed by atoms with Gasteiger partial charge < -0.3 is 15.1 Å². The fourth-order valence-electron chi connectivity index (χ4n) is 4.50. The van der Waals surface area contributed by atoms with Gasteiger partial charge in [0.2, 0.25) is 5.91 Å². The first kappa shape index (κ1) is 20.5. The minimum absolute atomic E-state index is 0.0368. The molecule has 0 saturated carbocycles. The number of anilines is 2. The standard InChI is InChI=1S/C25H31N3O2/c29-24(27-16-8-1-2-9-17-27)20-14-18-28(19-15-20)25(30)22-12-6-7-13-23(22)26-21-10-4-3-5-11-21/h3-7,10-13,20,26H,1-2,8-9,14-19H2. The van der Waals surface area contributed by atoms with Gasteiger partial charge in [-0.1, -0.05) is 43.2 Å². The Hall–Kier alpha value is -2.82. The molecule has 0 unspecified atom stereocenters. The summed E-state index contributed by atoms with van der Waals surface area (Å²) in [6.07, 6.45) is 6.22. The van der Waals surface area contributed by atoms with Crippen molar-refractivity contribution < 1.29 is 9.59 Å². The summed E-state index contributed by atoms with van der Waals surface area (Å²) in [7, 11) is 0. The maximum atomic E-state index is 13.2. The summed E-state index contributed by atoms with van der Waals surface area (Å²) in [5.74, 6) is 0.398. The zero-order chi connectivity index (χ0) is 20.8. The molecule has 0 bridgehead atoms. The predicted molar refractivity (Wildman–Crippen MR) is 120 cm³/mol. The van der Waals surface area contributed by atoms with Crippen molar-refractivity contribution in [1.82, 2.24) is 9.80 Å². The molecule has 4 rings (SSSR count). The Morgan fingerprint density at radius 2 is 1.37 bits per heavy atom. The molecule has 0 radical (unpaired) electrons. The number of piperidine rings is 1. The Kier molecular flexibility index (Phi) is 6.67. The van der Waals surface area contributed by atoms with Gasteiger partial charge in [-0.05, 0) is 49.9 Å². The van der Waals surface area contributed by atoms with Crippen LogP contribution in [0, 0.1) is 5.92 Å². The number of nitrogens with one attached hydrogen (secondary N) is 1. The molecule has 2 heterocycles. The van der Waals surface area contributed by atoms with Gasteiger partial charge >= 0.3 is 0 Å². The number of carbonyl (C=O) groups is 2. The van der Waals surface area contributed by atoms with Gasteiger partial charge in [-0.3, -0.25) is 9.59 Å². The fourth-order valence-corrected chi connectivity index (χ4v) is 4.50. The minimum Gasteiger partial charge on any atom is -0.355 e. The SMILES string of the molecule is O=C(c1ccccc1Nc1ccccc1)N1CCC(C(=O)N2CCCCCC2)CC1. The number of carbonyl (C=O) groups excluding carboxylic acids is 2. The lowest BCUT2D eigenvalue weighted by atomic mass is 9.94. The van der Waals surface area contributed by atoms with Crippen LogP contribution in [-0.4, -0.2) is 47.8 Å². The first-order chi connectivity index (χ1) is 14.7. The highest BCUT2D eigenvalue weighted by atomic mass is 16.2. The summed E-state index contributed by atoms with van der Waals surface area (Å²) in [6, 6.07) is 17.5. The molecule has 158 valence electrons. The molecule has 2 aromatic carbocycles. The van der Waals surface area contributed by atoms with E-state index >= 15 is 0 Å². The van der Waals surface area contributed by atoms with E-state index in [0.717, 1.165) is 50.1 Å². The number of nitrogens with zero attached hydrogens (tertiary/aromatic N) is 2. The number of hydrogen-bond acceptors (Lipinski definition) is 3. The summed E-state index contributed by atoms with van der Waals surface area (Å²) >= 11 is 0. The molecule has 30 heavy (non-hydrogen) atoms. The predicted octanol–water partition coefficient (Wildman–Crippen LogP) is 4.69. The number of para-hydroxylation sites is 2. The van der Waals surface area contributed by atoms with E-state index in [-0.39, 0.29) is 11.8 Å². The van der Waals surface area contributed by atoms with E-state index in [2.05, 4.69) is 10.2 Å². The van der Waals surface area contributed by atoms with Crippen molar-refractivity contribution in [2.45, 2.75) is 38.5 Å². The molecular formula is C25H31N3O2. The summed E-state index contributed by atoms with van der Waals surface area (Å²) in [5, 5.41) is 3.36. The van der Waals surface area contributed by atoms with Gasteiger partial charge in [0.15, 0.2) is 0 Å². The normalized spacial score (nSPS) is 18.0. The summed E-state index contributed by atoms with van der Waals surface area (Å²) in [4.78, 5) is 30.1. The monoisotopic (exact) mass is 405 g/mol. The smallest absolute Gasteiger partial charge is 0.255 e. The van der Waals surface area contributed by atoms with Gasteiger partial charge in [0.25, 0.3) is 5.91 Å². The largest absolute Gasteiger partial charge is 0.355 e. The first-order valence-corrected chi connectivity index (χ1v) is 11.2. The highest BCUT2D eigenvalue weighted by Crippen LogP contribution is 2.26. The summed E-state index contributed by atoms with van der Waals surface area (Å²) < 4.78 is 0. The second-order valence-corrected chi connectivity index (χ2v) is 8.34. The van der Waals surface area contributed by atoms with E-state index in [1.807, 2.05) is 59.5 Å². The molecule has 5 nitrogen and oxygen atoms in total. The van der Waals surface area contributed by atoms with Crippen LogP contribution in [0.5, 0.6) is 0 Å². The van der Waals surface area contributed by atoms with Crippen LogP contribution >= 0.6 is 0 Å². The average molecular weight is 406 g/mol. The highest BCUT2D eigenvalue weighted by molar-refractivity contribution is 6.00. The Morgan fingerprint density at radius 3 is 2.07 bits per heavy atom. The second-order valence-electron chi connectivity index (χ2n) is 8.34. The van der Waals surface area contributed by atoms with Crippen molar-refractivity contribution in [3.05, 3.63) is 60.2 Å². The molecule has 2 aliphatic rings. The lowest BCUT2D eigenvalue weighted by Crippen LogP contribution is -2.44. The molecule has 0 aliphatic carbocycles.